The van der Waals surface area contributed by atoms with Gasteiger partial charge >= 0.3 is 0 Å². The molecule has 0 radical (unpaired) electrons. The number of carbonyl (C=O) groups is 1. The number of carbonyl (C=O) groups excluding carboxylic acids is 1. The van der Waals surface area contributed by atoms with Gasteiger partial charge in [0.2, 0.25) is 5.43 Å². The highest BCUT2D eigenvalue weighted by Crippen LogP contribution is 2.37. The van der Waals surface area contributed by atoms with Gasteiger partial charge in [-0.3, -0.25) is 9.59 Å². The number of amides is 1. The summed E-state index contributed by atoms with van der Waals surface area (Å²) in [6.07, 6.45) is 4.42. The Kier molecular flexibility index (Phi) is 5.15. The topological polar surface area (TPSA) is 85.2 Å². The van der Waals surface area contributed by atoms with Gasteiger partial charge in [-0.2, -0.15) is 0 Å². The van der Waals surface area contributed by atoms with Crippen LogP contribution in [0, 0.1) is 5.82 Å². The van der Waals surface area contributed by atoms with Crippen molar-refractivity contribution in [1.29, 1.82) is 0 Å². The summed E-state index contributed by atoms with van der Waals surface area (Å²) in [5.41, 5.74) is 0.532. The average Bonchev–Trinajstić information content (AvgIpc) is 3.53. The van der Waals surface area contributed by atoms with Gasteiger partial charge in [0.15, 0.2) is 9.84 Å². The predicted octanol–water partition coefficient (Wildman–Crippen LogP) is 3.46. The van der Waals surface area contributed by atoms with Crippen LogP contribution >= 0.6 is 11.6 Å². The molecule has 1 heterocycles. The standard InChI is InChI=1S/C21H18ClFN2O4S/c1-30(28,29)14-6-2-12(3-7-14)10-24-21(27)16-11-25(13-4-5-13)19-9-17(22)18(23)8-15(19)20(16)26/h2-3,6-9,11,13H,4-5,10H2,1H3,(H,24,27). The number of hydrogen-bond donors (Lipinski definition) is 1. The van der Waals surface area contributed by atoms with Crippen LogP contribution in [0.5, 0.6) is 0 Å². The molecular formula is C21H18ClFN2O4S. The fourth-order valence-electron chi connectivity index (χ4n) is 3.29. The van der Waals surface area contributed by atoms with Gasteiger partial charge in [0, 0.05) is 30.4 Å². The van der Waals surface area contributed by atoms with Crippen LogP contribution in [0.2, 0.25) is 5.02 Å². The molecular weight excluding hydrogens is 431 g/mol. The van der Waals surface area contributed by atoms with E-state index in [1.807, 2.05) is 0 Å². The van der Waals surface area contributed by atoms with E-state index in [9.17, 15) is 22.4 Å². The maximum Gasteiger partial charge on any atom is 0.257 e. The van der Waals surface area contributed by atoms with Crippen LogP contribution in [0.4, 0.5) is 4.39 Å². The largest absolute Gasteiger partial charge is 0.348 e. The van der Waals surface area contributed by atoms with E-state index < -0.39 is 27.0 Å². The van der Waals surface area contributed by atoms with Crippen molar-refractivity contribution in [2.75, 3.05) is 6.26 Å². The van der Waals surface area contributed by atoms with Gasteiger partial charge in [0.25, 0.3) is 5.91 Å². The van der Waals surface area contributed by atoms with Crippen molar-refractivity contribution in [2.45, 2.75) is 30.3 Å². The molecule has 0 unspecified atom stereocenters. The zero-order valence-corrected chi connectivity index (χ0v) is 17.6. The van der Waals surface area contributed by atoms with E-state index >= 15 is 0 Å². The summed E-state index contributed by atoms with van der Waals surface area (Å²) < 4.78 is 38.8. The number of hydrogen-bond acceptors (Lipinski definition) is 4. The molecule has 1 saturated carbocycles. The number of sulfone groups is 1. The first-order chi connectivity index (χ1) is 14.1. The van der Waals surface area contributed by atoms with Crippen LogP contribution in [0.1, 0.15) is 34.8 Å². The van der Waals surface area contributed by atoms with Crippen molar-refractivity contribution in [3.8, 4) is 0 Å². The number of pyridine rings is 1. The first-order valence-electron chi connectivity index (χ1n) is 9.26. The molecule has 30 heavy (non-hydrogen) atoms. The number of rotatable bonds is 5. The van der Waals surface area contributed by atoms with E-state index in [1.54, 1.807) is 16.7 Å². The van der Waals surface area contributed by atoms with Gasteiger partial charge < -0.3 is 9.88 Å². The lowest BCUT2D eigenvalue weighted by Gasteiger charge is -2.13. The smallest absolute Gasteiger partial charge is 0.257 e. The molecule has 6 nitrogen and oxygen atoms in total. The molecule has 1 amide bonds. The fourth-order valence-corrected chi connectivity index (χ4v) is 4.08. The minimum Gasteiger partial charge on any atom is -0.348 e. The van der Waals surface area contributed by atoms with E-state index in [0.717, 1.165) is 25.2 Å². The second kappa shape index (κ2) is 7.52. The molecule has 156 valence electrons. The first kappa shape index (κ1) is 20.6. The Hall–Kier alpha value is -2.71. The van der Waals surface area contributed by atoms with Crippen LogP contribution in [-0.4, -0.2) is 25.1 Å². The lowest BCUT2D eigenvalue weighted by Crippen LogP contribution is -2.29. The number of nitrogens with one attached hydrogen (secondary N) is 1. The molecule has 1 aliphatic carbocycles. The predicted molar refractivity (Wildman–Crippen MR) is 112 cm³/mol. The Balaban J connectivity index is 1.64. The third kappa shape index (κ3) is 3.97. The number of benzene rings is 2. The van der Waals surface area contributed by atoms with Crippen LogP contribution in [-0.2, 0) is 16.4 Å². The maximum absolute atomic E-state index is 14.0. The van der Waals surface area contributed by atoms with E-state index in [-0.39, 0.29) is 33.5 Å². The van der Waals surface area contributed by atoms with Crippen molar-refractivity contribution < 1.29 is 17.6 Å². The highest BCUT2D eigenvalue weighted by atomic mass is 35.5. The second-order valence-electron chi connectivity index (χ2n) is 7.39. The first-order valence-corrected chi connectivity index (χ1v) is 11.5. The third-order valence-corrected chi connectivity index (χ3v) is 6.48. The number of aromatic nitrogens is 1. The SMILES string of the molecule is CS(=O)(=O)c1ccc(CNC(=O)c2cn(C3CC3)c3cc(Cl)c(F)cc3c2=O)cc1. The molecule has 0 atom stereocenters. The normalized spacial score (nSPS) is 14.1. The van der Waals surface area contributed by atoms with Crippen LogP contribution in [0.25, 0.3) is 10.9 Å². The molecule has 9 heteroatoms. The van der Waals surface area contributed by atoms with Gasteiger partial charge in [-0.05, 0) is 42.7 Å². The molecule has 1 N–H and O–H groups in total. The molecule has 0 bridgehead atoms. The van der Waals surface area contributed by atoms with E-state index in [4.69, 9.17) is 11.6 Å². The van der Waals surface area contributed by atoms with E-state index in [0.29, 0.717) is 11.1 Å². The van der Waals surface area contributed by atoms with Crippen molar-refractivity contribution in [3.63, 3.8) is 0 Å². The van der Waals surface area contributed by atoms with Gasteiger partial charge in [0.05, 0.1) is 15.4 Å². The van der Waals surface area contributed by atoms with E-state index in [1.165, 1.54) is 24.4 Å². The molecule has 0 aliphatic heterocycles. The summed E-state index contributed by atoms with van der Waals surface area (Å²) in [6.45, 7) is 0.110. The van der Waals surface area contributed by atoms with Gasteiger partial charge in [-0.15, -0.1) is 0 Å². The average molecular weight is 449 g/mol. The quantitative estimate of drug-likeness (QED) is 0.647. The minimum absolute atomic E-state index is 0.0777. The molecule has 4 rings (SSSR count). The Labute approximate surface area is 177 Å². The van der Waals surface area contributed by atoms with Crippen molar-refractivity contribution in [2.24, 2.45) is 0 Å². The fraction of sp³-hybridized carbons (Fsp3) is 0.238. The molecule has 1 fully saturated rings. The molecule has 0 spiro atoms. The molecule has 1 aromatic heterocycles. The van der Waals surface area contributed by atoms with Crippen LogP contribution in [0.3, 0.4) is 0 Å². The highest BCUT2D eigenvalue weighted by Gasteiger charge is 2.27. The Morgan fingerprint density at radius 3 is 2.50 bits per heavy atom. The lowest BCUT2D eigenvalue weighted by atomic mass is 10.1. The Bertz CT molecular complexity index is 1330. The summed E-state index contributed by atoms with van der Waals surface area (Å²) in [5.74, 6) is -1.30. The zero-order chi connectivity index (χ0) is 21.6. The highest BCUT2D eigenvalue weighted by molar-refractivity contribution is 7.90. The monoisotopic (exact) mass is 448 g/mol. The Morgan fingerprint density at radius 2 is 1.90 bits per heavy atom. The summed E-state index contributed by atoms with van der Waals surface area (Å²) in [7, 11) is -3.31. The Morgan fingerprint density at radius 1 is 1.23 bits per heavy atom. The summed E-state index contributed by atoms with van der Waals surface area (Å²) in [4.78, 5) is 25.7. The zero-order valence-electron chi connectivity index (χ0n) is 16.0. The van der Waals surface area contributed by atoms with Crippen molar-refractivity contribution in [1.82, 2.24) is 9.88 Å². The summed E-state index contributed by atoms with van der Waals surface area (Å²) >= 11 is 5.89. The maximum atomic E-state index is 14.0. The van der Waals surface area contributed by atoms with Crippen LogP contribution in [0.15, 0.2) is 52.3 Å². The number of halogens is 2. The minimum atomic E-state index is -3.31. The van der Waals surface area contributed by atoms with Gasteiger partial charge in [-0.1, -0.05) is 23.7 Å². The van der Waals surface area contributed by atoms with Gasteiger partial charge in [-0.25, -0.2) is 12.8 Å². The van der Waals surface area contributed by atoms with E-state index in [2.05, 4.69) is 5.32 Å². The van der Waals surface area contributed by atoms with Crippen LogP contribution < -0.4 is 10.7 Å². The second-order valence-corrected chi connectivity index (χ2v) is 9.82. The van der Waals surface area contributed by atoms with Crippen molar-refractivity contribution in [3.05, 3.63) is 74.8 Å². The molecule has 0 saturated heterocycles. The van der Waals surface area contributed by atoms with Crippen molar-refractivity contribution >= 4 is 38.2 Å². The summed E-state index contributed by atoms with van der Waals surface area (Å²) in [6, 6.07) is 8.73. The lowest BCUT2D eigenvalue weighted by molar-refractivity contribution is 0.0949. The van der Waals surface area contributed by atoms with Gasteiger partial charge in [0.1, 0.15) is 11.4 Å². The number of nitrogens with zero attached hydrogens (tertiary/aromatic N) is 1. The number of fused-ring (bicyclic) bond motifs is 1. The molecule has 2 aromatic carbocycles. The molecule has 3 aromatic rings. The third-order valence-electron chi connectivity index (χ3n) is 5.06. The summed E-state index contributed by atoms with van der Waals surface area (Å²) in [5, 5.41) is 2.70. The molecule has 1 aliphatic rings.